The van der Waals surface area contributed by atoms with Gasteiger partial charge in [0.2, 0.25) is 0 Å². The molecule has 4 nitrogen and oxygen atoms in total. The minimum absolute atomic E-state index is 0.250. The second-order valence-corrected chi connectivity index (χ2v) is 5.30. The van der Waals surface area contributed by atoms with Crippen molar-refractivity contribution in [3.8, 4) is 0 Å². The van der Waals surface area contributed by atoms with Gasteiger partial charge < -0.3 is 11.1 Å². The third kappa shape index (κ3) is 3.45. The number of hydrogen-bond acceptors (Lipinski definition) is 3. The van der Waals surface area contributed by atoms with E-state index in [1.54, 1.807) is 37.3 Å². The van der Waals surface area contributed by atoms with Crippen molar-refractivity contribution in [3.05, 3.63) is 51.2 Å². The minimum Gasteiger partial charge on any atom is -0.399 e. The zero-order valence-corrected chi connectivity index (χ0v) is 12.4. The monoisotopic (exact) mass is 339 g/mol. The molecule has 0 aliphatic rings. The number of nitrogen functional groups attached to an aromatic ring is 1. The summed E-state index contributed by atoms with van der Waals surface area (Å²) in [4.78, 5) is 16.2. The van der Waals surface area contributed by atoms with Crippen molar-refractivity contribution >= 4 is 44.8 Å². The highest BCUT2D eigenvalue weighted by Crippen LogP contribution is 2.20. The number of anilines is 2. The van der Waals surface area contributed by atoms with Crippen LogP contribution >= 0.6 is 27.5 Å². The molecule has 2 rings (SSSR count). The smallest absolute Gasteiger partial charge is 0.255 e. The Hall–Kier alpha value is -1.59. The summed E-state index contributed by atoms with van der Waals surface area (Å²) in [5.74, 6) is -0.250. The molecule has 0 unspecified atom stereocenters. The van der Waals surface area contributed by atoms with Crippen LogP contribution in [0.1, 0.15) is 16.1 Å². The molecule has 3 N–H and O–H groups in total. The lowest BCUT2D eigenvalue weighted by atomic mass is 10.2. The molecule has 98 valence electrons. The Bertz CT molecular complexity index is 626. The quantitative estimate of drug-likeness (QED) is 0.648. The summed E-state index contributed by atoms with van der Waals surface area (Å²) in [6.45, 7) is 1.77. The Morgan fingerprint density at radius 2 is 2.11 bits per heavy atom. The third-order valence-corrected chi connectivity index (χ3v) is 3.15. The van der Waals surface area contributed by atoms with E-state index in [2.05, 4.69) is 26.2 Å². The van der Waals surface area contributed by atoms with Gasteiger partial charge >= 0.3 is 0 Å². The zero-order chi connectivity index (χ0) is 14.0. The number of pyridine rings is 1. The van der Waals surface area contributed by atoms with Crippen molar-refractivity contribution in [2.75, 3.05) is 11.1 Å². The standard InChI is InChI=1S/C13H11BrClN3O/c1-7-11(2-3-12(15)17-7)18-13(19)8-4-9(14)6-10(16)5-8/h2-6H,16H2,1H3,(H,18,19). The van der Waals surface area contributed by atoms with Gasteiger partial charge in [-0.15, -0.1) is 0 Å². The van der Waals surface area contributed by atoms with E-state index in [9.17, 15) is 4.79 Å². The molecule has 0 spiro atoms. The van der Waals surface area contributed by atoms with Gasteiger partial charge in [-0.3, -0.25) is 4.79 Å². The predicted molar refractivity (Wildman–Crippen MR) is 80.5 cm³/mol. The molecule has 0 saturated heterocycles. The summed E-state index contributed by atoms with van der Waals surface area (Å²) in [5.41, 5.74) is 7.97. The number of carbonyl (C=O) groups excluding carboxylic acids is 1. The number of halogens is 2. The van der Waals surface area contributed by atoms with Crippen LogP contribution in [0.15, 0.2) is 34.8 Å². The van der Waals surface area contributed by atoms with E-state index >= 15 is 0 Å². The summed E-state index contributed by atoms with van der Waals surface area (Å²) in [6.07, 6.45) is 0. The van der Waals surface area contributed by atoms with Crippen LogP contribution < -0.4 is 11.1 Å². The van der Waals surface area contributed by atoms with Crippen molar-refractivity contribution in [3.63, 3.8) is 0 Å². The summed E-state index contributed by atoms with van der Waals surface area (Å²) in [6, 6.07) is 8.37. The molecule has 0 bridgehead atoms. The van der Waals surface area contributed by atoms with E-state index in [-0.39, 0.29) is 5.91 Å². The molecular formula is C13H11BrClN3O. The van der Waals surface area contributed by atoms with Gasteiger partial charge in [0.05, 0.1) is 11.4 Å². The van der Waals surface area contributed by atoms with E-state index in [0.717, 1.165) is 4.47 Å². The number of aromatic nitrogens is 1. The van der Waals surface area contributed by atoms with Gasteiger partial charge in [0.15, 0.2) is 0 Å². The maximum atomic E-state index is 12.1. The van der Waals surface area contributed by atoms with Gasteiger partial charge in [0.25, 0.3) is 5.91 Å². The van der Waals surface area contributed by atoms with Gasteiger partial charge in [0, 0.05) is 15.7 Å². The number of rotatable bonds is 2. The largest absolute Gasteiger partial charge is 0.399 e. The Kier molecular flexibility index (Phi) is 4.07. The molecule has 1 heterocycles. The summed E-state index contributed by atoms with van der Waals surface area (Å²) < 4.78 is 0.753. The number of amides is 1. The highest BCUT2D eigenvalue weighted by molar-refractivity contribution is 9.10. The molecular weight excluding hydrogens is 330 g/mol. The van der Waals surface area contributed by atoms with Crippen LogP contribution in [0.2, 0.25) is 5.15 Å². The summed E-state index contributed by atoms with van der Waals surface area (Å²) in [5, 5.41) is 3.16. The number of benzene rings is 1. The first-order valence-electron chi connectivity index (χ1n) is 5.46. The zero-order valence-electron chi connectivity index (χ0n) is 10.1. The van der Waals surface area contributed by atoms with E-state index in [0.29, 0.717) is 27.8 Å². The molecule has 0 saturated carbocycles. The SMILES string of the molecule is Cc1nc(Cl)ccc1NC(=O)c1cc(N)cc(Br)c1. The topological polar surface area (TPSA) is 68.0 Å². The van der Waals surface area contributed by atoms with Crippen LogP contribution in [-0.2, 0) is 0 Å². The molecule has 2 aromatic rings. The Balaban J connectivity index is 2.25. The fourth-order valence-electron chi connectivity index (χ4n) is 1.60. The van der Waals surface area contributed by atoms with Gasteiger partial charge in [-0.25, -0.2) is 4.98 Å². The van der Waals surface area contributed by atoms with E-state index in [1.165, 1.54) is 0 Å². The minimum atomic E-state index is -0.250. The predicted octanol–water partition coefficient (Wildman–Crippen LogP) is 3.64. The number of nitrogens with zero attached hydrogens (tertiary/aromatic N) is 1. The Morgan fingerprint density at radius 1 is 1.37 bits per heavy atom. The molecule has 0 aliphatic carbocycles. The van der Waals surface area contributed by atoms with Gasteiger partial charge in [-0.05, 0) is 37.3 Å². The van der Waals surface area contributed by atoms with Crippen LogP contribution in [0.4, 0.5) is 11.4 Å². The second-order valence-electron chi connectivity index (χ2n) is 3.99. The molecule has 0 atom stereocenters. The highest BCUT2D eigenvalue weighted by atomic mass is 79.9. The lowest BCUT2D eigenvalue weighted by Crippen LogP contribution is -2.13. The molecule has 1 aromatic carbocycles. The molecule has 6 heteroatoms. The number of nitrogens with two attached hydrogens (primary N) is 1. The number of aryl methyl sites for hydroxylation is 1. The second kappa shape index (κ2) is 5.59. The van der Waals surface area contributed by atoms with E-state index in [4.69, 9.17) is 17.3 Å². The van der Waals surface area contributed by atoms with Gasteiger partial charge in [0.1, 0.15) is 5.15 Å². The molecule has 1 amide bonds. The first-order valence-corrected chi connectivity index (χ1v) is 6.63. The van der Waals surface area contributed by atoms with Crippen molar-refractivity contribution < 1.29 is 4.79 Å². The fourth-order valence-corrected chi connectivity index (χ4v) is 2.30. The van der Waals surface area contributed by atoms with Crippen molar-refractivity contribution in [2.45, 2.75) is 6.92 Å². The molecule has 1 aromatic heterocycles. The van der Waals surface area contributed by atoms with Crippen LogP contribution in [0, 0.1) is 6.92 Å². The number of carbonyl (C=O) groups is 1. The van der Waals surface area contributed by atoms with Crippen molar-refractivity contribution in [1.29, 1.82) is 0 Å². The average molecular weight is 341 g/mol. The fraction of sp³-hybridized carbons (Fsp3) is 0.0769. The average Bonchev–Trinajstić information content (AvgIpc) is 2.31. The third-order valence-electron chi connectivity index (χ3n) is 2.48. The summed E-state index contributed by atoms with van der Waals surface area (Å²) >= 11 is 9.07. The van der Waals surface area contributed by atoms with Crippen LogP contribution in [-0.4, -0.2) is 10.9 Å². The van der Waals surface area contributed by atoms with Gasteiger partial charge in [-0.2, -0.15) is 0 Å². The lowest BCUT2D eigenvalue weighted by Gasteiger charge is -2.08. The number of hydrogen-bond donors (Lipinski definition) is 2. The normalized spacial score (nSPS) is 10.3. The molecule has 19 heavy (non-hydrogen) atoms. The highest BCUT2D eigenvalue weighted by Gasteiger charge is 2.10. The molecule has 0 aliphatic heterocycles. The van der Waals surface area contributed by atoms with Crippen LogP contribution in [0.25, 0.3) is 0 Å². The lowest BCUT2D eigenvalue weighted by molar-refractivity contribution is 0.102. The Labute approximate surface area is 124 Å². The Morgan fingerprint density at radius 3 is 2.74 bits per heavy atom. The van der Waals surface area contributed by atoms with Crippen molar-refractivity contribution in [2.24, 2.45) is 0 Å². The first kappa shape index (κ1) is 13.8. The van der Waals surface area contributed by atoms with E-state index < -0.39 is 0 Å². The molecule has 0 fully saturated rings. The first-order chi connectivity index (χ1) is 8.95. The van der Waals surface area contributed by atoms with E-state index in [1.807, 2.05) is 0 Å². The van der Waals surface area contributed by atoms with Crippen LogP contribution in [0.3, 0.4) is 0 Å². The maximum Gasteiger partial charge on any atom is 0.255 e. The number of nitrogens with one attached hydrogen (secondary N) is 1. The van der Waals surface area contributed by atoms with Crippen LogP contribution in [0.5, 0.6) is 0 Å². The van der Waals surface area contributed by atoms with Gasteiger partial charge in [-0.1, -0.05) is 27.5 Å². The molecule has 0 radical (unpaired) electrons. The maximum absolute atomic E-state index is 12.1. The summed E-state index contributed by atoms with van der Waals surface area (Å²) in [7, 11) is 0. The van der Waals surface area contributed by atoms with Crippen molar-refractivity contribution in [1.82, 2.24) is 4.98 Å².